The van der Waals surface area contributed by atoms with Gasteiger partial charge in [0.15, 0.2) is 0 Å². The van der Waals surface area contributed by atoms with Gasteiger partial charge in [0.05, 0.1) is 18.4 Å². The number of amides is 2. The van der Waals surface area contributed by atoms with Crippen LogP contribution in [0.4, 0.5) is 9.59 Å². The Morgan fingerprint density at radius 3 is 2.71 bits per heavy atom. The van der Waals surface area contributed by atoms with Gasteiger partial charge in [-0.3, -0.25) is 0 Å². The molecule has 0 radical (unpaired) electrons. The largest absolute Gasteiger partial charge is 0.465 e. The number of aromatic nitrogens is 2. The Morgan fingerprint density at radius 1 is 1.42 bits per heavy atom. The summed E-state index contributed by atoms with van der Waals surface area (Å²) in [5.74, 6) is 0.354. The number of carboxylic acid groups (broad SMARTS) is 1. The van der Waals surface area contributed by atoms with E-state index in [0.717, 1.165) is 5.69 Å². The number of rotatable bonds is 2. The Balaban J connectivity index is 1.81. The molecule has 2 aliphatic rings. The molecular formula is C16H24N4O4. The van der Waals surface area contributed by atoms with Crippen molar-refractivity contribution in [2.24, 2.45) is 5.41 Å². The van der Waals surface area contributed by atoms with Crippen LogP contribution >= 0.6 is 0 Å². The number of nitrogens with zero attached hydrogens (tertiary/aromatic N) is 4. The molecule has 2 unspecified atom stereocenters. The summed E-state index contributed by atoms with van der Waals surface area (Å²) in [5, 5.41) is 18.8. The summed E-state index contributed by atoms with van der Waals surface area (Å²) in [6.07, 6.45) is 1.96. The van der Waals surface area contributed by atoms with Crippen LogP contribution in [0.25, 0.3) is 0 Å². The van der Waals surface area contributed by atoms with Crippen LogP contribution in [-0.2, 0) is 13.2 Å². The third kappa shape index (κ3) is 2.64. The second-order valence-corrected chi connectivity index (χ2v) is 7.61. The lowest BCUT2D eigenvalue weighted by Gasteiger charge is -2.46. The summed E-state index contributed by atoms with van der Waals surface area (Å²) in [7, 11) is 0. The van der Waals surface area contributed by atoms with Crippen molar-refractivity contribution in [2.75, 3.05) is 6.54 Å². The lowest BCUT2D eigenvalue weighted by molar-refractivity contribution is 0.0295. The van der Waals surface area contributed by atoms with Crippen LogP contribution in [0.1, 0.15) is 45.1 Å². The Bertz CT molecular complexity index is 664. The number of imidazole rings is 1. The molecular weight excluding hydrogens is 312 g/mol. The zero-order chi connectivity index (χ0) is 17.6. The smallest absolute Gasteiger partial charge is 0.407 e. The van der Waals surface area contributed by atoms with Crippen molar-refractivity contribution >= 4 is 12.1 Å². The van der Waals surface area contributed by atoms with Gasteiger partial charge in [0.1, 0.15) is 12.4 Å². The summed E-state index contributed by atoms with van der Waals surface area (Å²) in [6, 6.07) is -0.325. The molecule has 3 rings (SSSR count). The molecule has 2 N–H and O–H groups in total. The van der Waals surface area contributed by atoms with E-state index in [1.165, 1.54) is 9.47 Å². The van der Waals surface area contributed by atoms with Gasteiger partial charge in [-0.1, -0.05) is 20.8 Å². The second-order valence-electron chi connectivity index (χ2n) is 7.61. The maximum atomic E-state index is 12.7. The highest BCUT2D eigenvalue weighted by molar-refractivity contribution is 5.81. The predicted octanol–water partition coefficient (Wildman–Crippen LogP) is 1.72. The fourth-order valence-corrected chi connectivity index (χ4v) is 3.82. The predicted molar refractivity (Wildman–Crippen MR) is 85.5 cm³/mol. The van der Waals surface area contributed by atoms with Crippen molar-refractivity contribution in [1.29, 1.82) is 0 Å². The summed E-state index contributed by atoms with van der Waals surface area (Å²) in [6.45, 7) is 6.69. The third-order valence-electron chi connectivity index (χ3n) is 5.08. The van der Waals surface area contributed by atoms with Crippen molar-refractivity contribution in [3.8, 4) is 0 Å². The first kappa shape index (κ1) is 16.8. The number of carbonyl (C=O) groups excluding carboxylic acids is 1. The van der Waals surface area contributed by atoms with Gasteiger partial charge in [-0.05, 0) is 18.3 Å². The highest BCUT2D eigenvalue weighted by Crippen LogP contribution is 2.35. The lowest BCUT2D eigenvalue weighted by Crippen LogP contribution is -2.56. The van der Waals surface area contributed by atoms with E-state index in [1.54, 1.807) is 11.1 Å². The number of carbonyl (C=O) groups is 2. The standard InChI is InChI=1S/C16H24N4O4/c1-16(2,3)12-6-10(4-5-18(12)15(23)24)19-8-11-7-17-13(9-21)20(11)14(19)22/h7,10,12,21H,4-6,8-9H2,1-3H3,(H,23,24). The van der Waals surface area contributed by atoms with Gasteiger partial charge in [0.25, 0.3) is 0 Å². The number of likely N-dealkylation sites (tertiary alicyclic amines) is 1. The zero-order valence-corrected chi connectivity index (χ0v) is 14.3. The number of aliphatic hydroxyl groups is 1. The minimum Gasteiger partial charge on any atom is -0.465 e. The van der Waals surface area contributed by atoms with Gasteiger partial charge in [0, 0.05) is 18.6 Å². The first-order chi connectivity index (χ1) is 11.2. The quantitative estimate of drug-likeness (QED) is 0.857. The molecule has 8 nitrogen and oxygen atoms in total. The van der Waals surface area contributed by atoms with Crippen LogP contribution in [0.5, 0.6) is 0 Å². The molecule has 0 bridgehead atoms. The fraction of sp³-hybridized carbons (Fsp3) is 0.688. The van der Waals surface area contributed by atoms with Gasteiger partial charge in [0.2, 0.25) is 0 Å². The minimum absolute atomic E-state index is 0.0104. The van der Waals surface area contributed by atoms with E-state index in [4.69, 9.17) is 0 Å². The average molecular weight is 336 g/mol. The molecule has 8 heteroatoms. The van der Waals surface area contributed by atoms with Crippen LogP contribution in [0.2, 0.25) is 0 Å². The third-order valence-corrected chi connectivity index (χ3v) is 5.08. The first-order valence-electron chi connectivity index (χ1n) is 8.21. The molecule has 1 aromatic rings. The van der Waals surface area contributed by atoms with Gasteiger partial charge in [-0.25, -0.2) is 19.1 Å². The zero-order valence-electron chi connectivity index (χ0n) is 14.3. The highest BCUT2D eigenvalue weighted by atomic mass is 16.4. The van der Waals surface area contributed by atoms with Crippen LogP contribution in [0.15, 0.2) is 6.20 Å². The second kappa shape index (κ2) is 5.77. The molecule has 1 aromatic heterocycles. The van der Waals surface area contributed by atoms with E-state index in [9.17, 15) is 19.8 Å². The first-order valence-corrected chi connectivity index (χ1v) is 8.21. The Morgan fingerprint density at radius 2 is 2.12 bits per heavy atom. The van der Waals surface area contributed by atoms with E-state index in [0.29, 0.717) is 31.8 Å². The van der Waals surface area contributed by atoms with Crippen molar-refractivity contribution < 1.29 is 19.8 Å². The van der Waals surface area contributed by atoms with E-state index < -0.39 is 6.09 Å². The minimum atomic E-state index is -0.904. The number of hydrogen-bond acceptors (Lipinski definition) is 4. The van der Waals surface area contributed by atoms with E-state index in [2.05, 4.69) is 4.98 Å². The summed E-state index contributed by atoms with van der Waals surface area (Å²) < 4.78 is 1.47. The molecule has 0 saturated carbocycles. The molecule has 3 heterocycles. The molecule has 2 amide bonds. The highest BCUT2D eigenvalue weighted by Gasteiger charge is 2.43. The van der Waals surface area contributed by atoms with Gasteiger partial charge < -0.3 is 20.0 Å². The van der Waals surface area contributed by atoms with E-state index in [1.807, 2.05) is 20.8 Å². The van der Waals surface area contributed by atoms with Crippen molar-refractivity contribution in [2.45, 2.75) is 58.8 Å². The molecule has 0 aromatic carbocycles. The summed E-state index contributed by atoms with van der Waals surface area (Å²) in [4.78, 5) is 31.6. The van der Waals surface area contributed by atoms with Crippen LogP contribution in [0, 0.1) is 5.41 Å². The summed E-state index contributed by atoms with van der Waals surface area (Å²) >= 11 is 0. The summed E-state index contributed by atoms with van der Waals surface area (Å²) in [5.41, 5.74) is 0.574. The normalized spacial score (nSPS) is 24.4. The van der Waals surface area contributed by atoms with Crippen molar-refractivity contribution in [1.82, 2.24) is 19.4 Å². The number of hydrogen-bond donors (Lipinski definition) is 2. The molecule has 24 heavy (non-hydrogen) atoms. The number of aliphatic hydroxyl groups excluding tert-OH is 1. The van der Waals surface area contributed by atoms with E-state index >= 15 is 0 Å². The maximum absolute atomic E-state index is 12.7. The fourth-order valence-electron chi connectivity index (χ4n) is 3.82. The maximum Gasteiger partial charge on any atom is 0.407 e. The molecule has 2 atom stereocenters. The van der Waals surface area contributed by atoms with Crippen LogP contribution in [0.3, 0.4) is 0 Å². The van der Waals surface area contributed by atoms with Crippen molar-refractivity contribution in [3.05, 3.63) is 17.7 Å². The van der Waals surface area contributed by atoms with Gasteiger partial charge in [-0.15, -0.1) is 0 Å². The van der Waals surface area contributed by atoms with Crippen LogP contribution in [-0.4, -0.2) is 60.3 Å². The SMILES string of the molecule is CC(C)(C)C1CC(N2Cc3cnc(CO)n3C2=O)CCN1C(=O)O. The lowest BCUT2D eigenvalue weighted by atomic mass is 9.79. The molecule has 0 spiro atoms. The monoisotopic (exact) mass is 336 g/mol. The molecule has 1 saturated heterocycles. The topological polar surface area (TPSA) is 98.9 Å². The van der Waals surface area contributed by atoms with Crippen molar-refractivity contribution in [3.63, 3.8) is 0 Å². The number of fused-ring (bicyclic) bond motifs is 1. The van der Waals surface area contributed by atoms with Gasteiger partial charge >= 0.3 is 12.1 Å². The Hall–Kier alpha value is -2.09. The Kier molecular flexibility index (Phi) is 4.03. The van der Waals surface area contributed by atoms with Gasteiger partial charge in [-0.2, -0.15) is 0 Å². The average Bonchev–Trinajstić information content (AvgIpc) is 3.06. The number of piperidine rings is 1. The molecule has 0 aliphatic carbocycles. The molecule has 1 fully saturated rings. The van der Waals surface area contributed by atoms with E-state index in [-0.39, 0.29) is 30.1 Å². The molecule has 132 valence electrons. The molecule has 2 aliphatic heterocycles. The van der Waals surface area contributed by atoms with Crippen LogP contribution < -0.4 is 0 Å². The Labute approximate surface area is 140 Å².